The second-order valence-corrected chi connectivity index (χ2v) is 7.37. The highest BCUT2D eigenvalue weighted by Crippen LogP contribution is 2.36. The van der Waals surface area contributed by atoms with E-state index in [1.165, 1.54) is 5.06 Å². The monoisotopic (exact) mass is 428 g/mol. The highest BCUT2D eigenvalue weighted by Gasteiger charge is 2.60. The molecular weight excluding hydrogens is 404 g/mol. The third kappa shape index (κ3) is 4.14. The number of fused-ring (bicyclic) bond motifs is 1. The van der Waals surface area contributed by atoms with Crippen molar-refractivity contribution in [3.8, 4) is 11.5 Å². The molecule has 0 spiro atoms. The summed E-state index contributed by atoms with van der Waals surface area (Å²) in [5.74, 6) is 0.920. The lowest BCUT2D eigenvalue weighted by Gasteiger charge is -2.45. The molecule has 164 valence electrons. The van der Waals surface area contributed by atoms with E-state index in [0.717, 1.165) is 11.1 Å². The Kier molecular flexibility index (Phi) is 5.97. The predicted octanol–water partition coefficient (Wildman–Crippen LogP) is 1.73. The third-order valence-electron chi connectivity index (χ3n) is 5.48. The third-order valence-corrected chi connectivity index (χ3v) is 5.48. The molecule has 2 aliphatic heterocycles. The zero-order chi connectivity index (χ0) is 22.0. The van der Waals surface area contributed by atoms with Crippen molar-refractivity contribution in [3.63, 3.8) is 0 Å². The number of carbonyl (C=O) groups is 2. The maximum Gasteiger partial charge on any atom is 0.528 e. The standard InChI is InChI=1S/C22H24N2O7/c1-28-17-9-8-15(10-18(17)29-2)11-23-19-16(25)12-24(20(19)21(23)26)31-22(27)30-13-14-6-4-3-5-7-14/h3-10,16,19-20,25H,11-13H2,1-2H3/t16-,19+,20-/m0/s1. The molecule has 3 atom stereocenters. The number of aliphatic hydroxyl groups excluding tert-OH is 1. The average molecular weight is 428 g/mol. The van der Waals surface area contributed by atoms with Crippen LogP contribution in [0.15, 0.2) is 48.5 Å². The molecule has 9 heteroatoms. The molecular formula is C22H24N2O7. The normalized spacial score (nSPS) is 22.5. The van der Waals surface area contributed by atoms with E-state index in [4.69, 9.17) is 19.0 Å². The molecule has 1 N–H and O–H groups in total. The second-order valence-electron chi connectivity index (χ2n) is 7.37. The number of methoxy groups -OCH3 is 2. The molecule has 0 saturated carbocycles. The quantitative estimate of drug-likeness (QED) is 0.526. The largest absolute Gasteiger partial charge is 0.528 e. The fraction of sp³-hybridized carbons (Fsp3) is 0.364. The van der Waals surface area contributed by atoms with Gasteiger partial charge < -0.3 is 29.1 Å². The first-order valence-corrected chi connectivity index (χ1v) is 9.86. The summed E-state index contributed by atoms with van der Waals surface area (Å²) in [4.78, 5) is 31.5. The minimum atomic E-state index is -0.914. The lowest BCUT2D eigenvalue weighted by atomic mass is 9.93. The van der Waals surface area contributed by atoms with Crippen LogP contribution in [0.4, 0.5) is 4.79 Å². The molecule has 0 aromatic heterocycles. The van der Waals surface area contributed by atoms with Crippen LogP contribution in [0.1, 0.15) is 11.1 Å². The molecule has 2 fully saturated rings. The van der Waals surface area contributed by atoms with Gasteiger partial charge in [-0.25, -0.2) is 4.79 Å². The van der Waals surface area contributed by atoms with Gasteiger partial charge in [-0.2, -0.15) is 0 Å². The highest BCUT2D eigenvalue weighted by molar-refractivity contribution is 5.90. The number of amides is 1. The van der Waals surface area contributed by atoms with Crippen molar-refractivity contribution in [2.45, 2.75) is 31.3 Å². The Balaban J connectivity index is 1.36. The number of carbonyl (C=O) groups excluding carboxylic acids is 2. The molecule has 0 unspecified atom stereocenters. The lowest BCUT2D eigenvalue weighted by Crippen LogP contribution is -2.67. The maximum atomic E-state index is 12.7. The van der Waals surface area contributed by atoms with E-state index in [1.54, 1.807) is 31.3 Å². The average Bonchev–Trinajstić information content (AvgIpc) is 3.08. The first kappa shape index (κ1) is 21.0. The van der Waals surface area contributed by atoms with Gasteiger partial charge >= 0.3 is 6.16 Å². The Morgan fingerprint density at radius 2 is 1.81 bits per heavy atom. The molecule has 2 heterocycles. The molecule has 31 heavy (non-hydrogen) atoms. The Bertz CT molecular complexity index is 952. The molecule has 2 aliphatic rings. The van der Waals surface area contributed by atoms with Gasteiger partial charge in [0, 0.05) is 6.54 Å². The maximum absolute atomic E-state index is 12.7. The van der Waals surface area contributed by atoms with E-state index in [0.29, 0.717) is 18.0 Å². The minimum absolute atomic E-state index is 0.0317. The topological polar surface area (TPSA) is 97.8 Å². The summed E-state index contributed by atoms with van der Waals surface area (Å²) in [5.41, 5.74) is 1.65. The first-order chi connectivity index (χ1) is 15.0. The van der Waals surface area contributed by atoms with Crippen LogP contribution in [-0.4, -0.2) is 66.1 Å². The van der Waals surface area contributed by atoms with Crippen LogP contribution in [0.25, 0.3) is 0 Å². The molecule has 0 aliphatic carbocycles. The number of aliphatic hydroxyl groups is 1. The summed E-state index contributed by atoms with van der Waals surface area (Å²) < 4.78 is 15.6. The van der Waals surface area contributed by atoms with Gasteiger partial charge in [-0.15, -0.1) is 5.06 Å². The number of benzene rings is 2. The van der Waals surface area contributed by atoms with Crippen LogP contribution < -0.4 is 9.47 Å². The van der Waals surface area contributed by atoms with Crippen molar-refractivity contribution in [3.05, 3.63) is 59.7 Å². The van der Waals surface area contributed by atoms with Gasteiger partial charge in [-0.05, 0) is 23.3 Å². The van der Waals surface area contributed by atoms with Gasteiger partial charge in [-0.3, -0.25) is 4.79 Å². The smallest absolute Gasteiger partial charge is 0.493 e. The summed E-state index contributed by atoms with van der Waals surface area (Å²) in [7, 11) is 3.09. The van der Waals surface area contributed by atoms with Crippen molar-refractivity contribution in [2.75, 3.05) is 20.8 Å². The number of hydroxylamine groups is 2. The number of likely N-dealkylation sites (tertiary alicyclic amines) is 1. The van der Waals surface area contributed by atoms with E-state index >= 15 is 0 Å². The summed E-state index contributed by atoms with van der Waals surface area (Å²) in [6, 6.07) is 13.4. The van der Waals surface area contributed by atoms with Crippen molar-refractivity contribution < 1.29 is 33.7 Å². The van der Waals surface area contributed by atoms with E-state index in [-0.39, 0.29) is 19.1 Å². The van der Waals surface area contributed by atoms with Crippen LogP contribution in [0.5, 0.6) is 11.5 Å². The van der Waals surface area contributed by atoms with Crippen molar-refractivity contribution in [2.24, 2.45) is 0 Å². The predicted molar refractivity (Wildman–Crippen MR) is 108 cm³/mol. The number of ether oxygens (including phenoxy) is 3. The number of nitrogens with zero attached hydrogens (tertiary/aromatic N) is 2. The fourth-order valence-electron chi connectivity index (χ4n) is 3.96. The van der Waals surface area contributed by atoms with Crippen molar-refractivity contribution >= 4 is 12.1 Å². The Labute approximate surface area is 179 Å². The minimum Gasteiger partial charge on any atom is -0.493 e. The lowest BCUT2D eigenvalue weighted by molar-refractivity contribution is -0.188. The highest BCUT2D eigenvalue weighted by atomic mass is 16.8. The van der Waals surface area contributed by atoms with Crippen molar-refractivity contribution in [1.29, 1.82) is 0 Å². The van der Waals surface area contributed by atoms with Crippen LogP contribution in [-0.2, 0) is 27.5 Å². The van der Waals surface area contributed by atoms with E-state index < -0.39 is 24.3 Å². The summed E-state index contributed by atoms with van der Waals surface area (Å²) >= 11 is 0. The summed E-state index contributed by atoms with van der Waals surface area (Å²) in [6.07, 6.45) is -1.76. The zero-order valence-corrected chi connectivity index (χ0v) is 17.3. The van der Waals surface area contributed by atoms with Crippen LogP contribution in [0.3, 0.4) is 0 Å². The van der Waals surface area contributed by atoms with E-state index in [2.05, 4.69) is 0 Å². The van der Waals surface area contributed by atoms with E-state index in [1.807, 2.05) is 36.4 Å². The Morgan fingerprint density at radius 1 is 1.06 bits per heavy atom. The van der Waals surface area contributed by atoms with Gasteiger partial charge in [0.25, 0.3) is 0 Å². The van der Waals surface area contributed by atoms with E-state index in [9.17, 15) is 14.7 Å². The number of β-lactam (4-membered cyclic amide) rings is 1. The van der Waals surface area contributed by atoms with Crippen LogP contribution in [0, 0.1) is 0 Å². The second kappa shape index (κ2) is 8.83. The van der Waals surface area contributed by atoms with Gasteiger partial charge in [-0.1, -0.05) is 36.4 Å². The van der Waals surface area contributed by atoms with Crippen LogP contribution in [0.2, 0.25) is 0 Å². The van der Waals surface area contributed by atoms with Gasteiger partial charge in [0.1, 0.15) is 12.6 Å². The molecule has 1 amide bonds. The number of hydrogen-bond donors (Lipinski definition) is 1. The van der Waals surface area contributed by atoms with Gasteiger partial charge in [0.05, 0.1) is 32.9 Å². The Morgan fingerprint density at radius 3 is 2.52 bits per heavy atom. The fourth-order valence-corrected chi connectivity index (χ4v) is 3.96. The Hall–Kier alpha value is -3.30. The number of β-amino-alcohol motifs (C(OH)–C–C–N with tert-alkyl or cyclic N) is 1. The molecule has 4 rings (SSSR count). The summed E-state index contributed by atoms with van der Waals surface area (Å²) in [6.45, 7) is 0.386. The van der Waals surface area contributed by atoms with Gasteiger partial charge in [0.2, 0.25) is 5.91 Å². The number of hydrogen-bond acceptors (Lipinski definition) is 8. The molecule has 2 aromatic carbocycles. The molecule has 2 saturated heterocycles. The molecule has 0 radical (unpaired) electrons. The summed E-state index contributed by atoms with van der Waals surface area (Å²) in [5, 5.41) is 11.7. The molecule has 9 nitrogen and oxygen atoms in total. The van der Waals surface area contributed by atoms with Gasteiger partial charge in [0.15, 0.2) is 11.5 Å². The molecule has 2 aromatic rings. The zero-order valence-electron chi connectivity index (χ0n) is 17.3. The van der Waals surface area contributed by atoms with Crippen molar-refractivity contribution in [1.82, 2.24) is 9.96 Å². The molecule has 0 bridgehead atoms. The first-order valence-electron chi connectivity index (χ1n) is 9.86. The van der Waals surface area contributed by atoms with Crippen LogP contribution >= 0.6 is 0 Å². The SMILES string of the molecule is COc1ccc(CN2C(=O)[C@@H]3[C@H]2[C@@H](O)CN3OC(=O)OCc2ccccc2)cc1OC. The number of rotatable bonds is 7.